The summed E-state index contributed by atoms with van der Waals surface area (Å²) >= 11 is 0. The molecule has 20 heavy (non-hydrogen) atoms. The second-order valence-corrected chi connectivity index (χ2v) is 7.11. The Bertz CT molecular complexity index is 551. The molecule has 0 atom stereocenters. The third-order valence-corrected chi connectivity index (χ3v) is 5.15. The Balaban J connectivity index is 2.21. The van der Waals surface area contributed by atoms with Gasteiger partial charge in [0.2, 0.25) is 10.0 Å². The van der Waals surface area contributed by atoms with Crippen LogP contribution >= 0.6 is 0 Å². The lowest BCUT2D eigenvalue weighted by Crippen LogP contribution is -2.27. The van der Waals surface area contributed by atoms with Gasteiger partial charge in [-0.3, -0.25) is 0 Å². The van der Waals surface area contributed by atoms with Crippen molar-refractivity contribution in [3.8, 4) is 0 Å². The number of aryl methyl sites for hydroxylation is 1. The summed E-state index contributed by atoms with van der Waals surface area (Å²) in [6.45, 7) is 6.17. The summed E-state index contributed by atoms with van der Waals surface area (Å²) in [5.74, 6) is 0.541. The highest BCUT2D eigenvalue weighted by atomic mass is 32.2. The highest BCUT2D eigenvalue weighted by Crippen LogP contribution is 2.28. The van der Waals surface area contributed by atoms with Gasteiger partial charge in [0.25, 0.3) is 0 Å². The number of rotatable bonds is 8. The molecule has 0 bridgehead atoms. The molecular weight excluding hydrogens is 272 g/mol. The van der Waals surface area contributed by atoms with Gasteiger partial charge < -0.3 is 5.32 Å². The molecule has 0 aromatic heterocycles. The van der Waals surface area contributed by atoms with E-state index in [9.17, 15) is 8.42 Å². The average Bonchev–Trinajstić information content (AvgIpc) is 3.27. The first kappa shape index (κ1) is 15.5. The molecule has 1 aliphatic rings. The van der Waals surface area contributed by atoms with E-state index in [2.05, 4.69) is 10.0 Å². The number of hydrogen-bond acceptors (Lipinski definition) is 3. The number of benzene rings is 1. The molecule has 1 saturated carbocycles. The molecule has 2 rings (SSSR count). The molecule has 4 nitrogen and oxygen atoms in total. The van der Waals surface area contributed by atoms with Crippen LogP contribution in [0.1, 0.15) is 37.8 Å². The van der Waals surface area contributed by atoms with Crippen molar-refractivity contribution >= 4 is 10.0 Å². The summed E-state index contributed by atoms with van der Waals surface area (Å²) in [4.78, 5) is 0.441. The van der Waals surface area contributed by atoms with Crippen molar-refractivity contribution in [1.82, 2.24) is 10.0 Å². The van der Waals surface area contributed by atoms with Crippen molar-refractivity contribution in [3.63, 3.8) is 0 Å². The Kier molecular flexibility index (Phi) is 5.18. The topological polar surface area (TPSA) is 58.2 Å². The normalized spacial score (nSPS) is 15.5. The number of nitrogens with one attached hydrogen (secondary N) is 2. The van der Waals surface area contributed by atoms with E-state index in [0.717, 1.165) is 36.9 Å². The minimum absolute atomic E-state index is 0.441. The lowest BCUT2D eigenvalue weighted by molar-refractivity contribution is 0.576. The van der Waals surface area contributed by atoms with E-state index in [1.807, 2.05) is 26.0 Å². The largest absolute Gasteiger partial charge is 0.313 e. The molecule has 1 fully saturated rings. The molecule has 5 heteroatoms. The zero-order valence-electron chi connectivity index (χ0n) is 12.3. The molecule has 0 aliphatic heterocycles. The first-order chi connectivity index (χ1) is 9.56. The lowest BCUT2D eigenvalue weighted by Gasteiger charge is -2.12. The number of hydrogen-bond donors (Lipinski definition) is 2. The van der Waals surface area contributed by atoms with Crippen LogP contribution in [-0.4, -0.2) is 21.5 Å². The van der Waals surface area contributed by atoms with E-state index in [4.69, 9.17) is 0 Å². The minimum Gasteiger partial charge on any atom is -0.313 e. The predicted octanol–water partition coefficient (Wildman–Crippen LogP) is 2.05. The van der Waals surface area contributed by atoms with E-state index in [0.29, 0.717) is 23.9 Å². The van der Waals surface area contributed by atoms with E-state index < -0.39 is 10.0 Å². The summed E-state index contributed by atoms with van der Waals surface area (Å²) < 4.78 is 27.6. The van der Waals surface area contributed by atoms with Crippen LogP contribution in [0, 0.1) is 5.92 Å². The third kappa shape index (κ3) is 4.04. The SMILES string of the molecule is CCNCc1ccc(CC)c(S(=O)(=O)NCC2CC2)c1. The molecule has 0 radical (unpaired) electrons. The Morgan fingerprint density at radius 1 is 1.25 bits per heavy atom. The first-order valence-electron chi connectivity index (χ1n) is 7.39. The van der Waals surface area contributed by atoms with Crippen LogP contribution in [0.4, 0.5) is 0 Å². The van der Waals surface area contributed by atoms with E-state index in [1.165, 1.54) is 0 Å². The van der Waals surface area contributed by atoms with Gasteiger partial charge in [0, 0.05) is 13.1 Å². The zero-order valence-corrected chi connectivity index (χ0v) is 13.1. The van der Waals surface area contributed by atoms with Gasteiger partial charge in [0.05, 0.1) is 4.90 Å². The maximum atomic E-state index is 12.4. The third-order valence-electron chi connectivity index (χ3n) is 3.64. The molecular formula is C15H24N2O2S. The molecule has 0 amide bonds. The van der Waals surface area contributed by atoms with Gasteiger partial charge in [-0.1, -0.05) is 26.0 Å². The second kappa shape index (κ2) is 6.70. The molecule has 0 heterocycles. The van der Waals surface area contributed by atoms with E-state index in [-0.39, 0.29) is 0 Å². The lowest BCUT2D eigenvalue weighted by atomic mass is 10.1. The van der Waals surface area contributed by atoms with Crippen LogP contribution < -0.4 is 10.0 Å². The van der Waals surface area contributed by atoms with Crippen LogP contribution in [0.3, 0.4) is 0 Å². The van der Waals surface area contributed by atoms with Crippen LogP contribution in [-0.2, 0) is 23.0 Å². The van der Waals surface area contributed by atoms with Crippen molar-refractivity contribution in [2.75, 3.05) is 13.1 Å². The minimum atomic E-state index is -3.38. The van der Waals surface area contributed by atoms with Crippen LogP contribution in [0.5, 0.6) is 0 Å². The molecule has 1 aliphatic carbocycles. The summed E-state index contributed by atoms with van der Waals surface area (Å²) in [6.07, 6.45) is 3.01. The smallest absolute Gasteiger partial charge is 0.240 e. The fraction of sp³-hybridized carbons (Fsp3) is 0.600. The van der Waals surface area contributed by atoms with Gasteiger partial charge >= 0.3 is 0 Å². The van der Waals surface area contributed by atoms with Crippen molar-refractivity contribution in [2.45, 2.75) is 44.6 Å². The van der Waals surface area contributed by atoms with Gasteiger partial charge in [-0.05, 0) is 48.9 Å². The summed E-state index contributed by atoms with van der Waals surface area (Å²) in [5, 5.41) is 3.23. The summed E-state index contributed by atoms with van der Waals surface area (Å²) in [7, 11) is -3.38. The van der Waals surface area contributed by atoms with E-state index >= 15 is 0 Å². The first-order valence-corrected chi connectivity index (χ1v) is 8.87. The highest BCUT2D eigenvalue weighted by molar-refractivity contribution is 7.89. The van der Waals surface area contributed by atoms with Gasteiger partial charge in [-0.2, -0.15) is 0 Å². The quantitative estimate of drug-likeness (QED) is 0.772. The zero-order chi connectivity index (χ0) is 14.6. The van der Waals surface area contributed by atoms with Crippen LogP contribution in [0.25, 0.3) is 0 Å². The average molecular weight is 296 g/mol. The standard InChI is InChI=1S/C15H24N2O2S/c1-3-14-8-7-13(10-16-4-2)9-15(14)20(18,19)17-11-12-5-6-12/h7-9,12,16-17H,3-6,10-11H2,1-2H3. The molecule has 2 N–H and O–H groups in total. The summed E-state index contributed by atoms with van der Waals surface area (Å²) in [5.41, 5.74) is 1.89. The van der Waals surface area contributed by atoms with Crippen LogP contribution in [0.2, 0.25) is 0 Å². The molecule has 0 spiro atoms. The molecule has 112 valence electrons. The Hall–Kier alpha value is -0.910. The fourth-order valence-electron chi connectivity index (χ4n) is 2.15. The molecule has 1 aromatic carbocycles. The Morgan fingerprint density at radius 2 is 2.00 bits per heavy atom. The number of sulfonamides is 1. The van der Waals surface area contributed by atoms with Gasteiger partial charge in [-0.15, -0.1) is 0 Å². The van der Waals surface area contributed by atoms with Crippen molar-refractivity contribution in [2.24, 2.45) is 5.92 Å². The van der Waals surface area contributed by atoms with Crippen LogP contribution in [0.15, 0.2) is 23.1 Å². The highest BCUT2D eigenvalue weighted by Gasteiger charge is 2.25. The van der Waals surface area contributed by atoms with Crippen molar-refractivity contribution < 1.29 is 8.42 Å². The Morgan fingerprint density at radius 3 is 2.60 bits per heavy atom. The molecule has 0 saturated heterocycles. The molecule has 1 aromatic rings. The summed E-state index contributed by atoms with van der Waals surface area (Å²) in [6, 6.07) is 5.73. The monoisotopic (exact) mass is 296 g/mol. The van der Waals surface area contributed by atoms with Gasteiger partial charge in [-0.25, -0.2) is 13.1 Å². The maximum Gasteiger partial charge on any atom is 0.240 e. The van der Waals surface area contributed by atoms with Crippen molar-refractivity contribution in [3.05, 3.63) is 29.3 Å². The molecule has 0 unspecified atom stereocenters. The van der Waals surface area contributed by atoms with Gasteiger partial charge in [0.1, 0.15) is 0 Å². The fourth-order valence-corrected chi connectivity index (χ4v) is 3.62. The van der Waals surface area contributed by atoms with Crippen molar-refractivity contribution in [1.29, 1.82) is 0 Å². The predicted molar refractivity (Wildman–Crippen MR) is 81.1 cm³/mol. The van der Waals surface area contributed by atoms with E-state index in [1.54, 1.807) is 6.07 Å². The maximum absolute atomic E-state index is 12.4. The Labute approximate surface area is 122 Å². The van der Waals surface area contributed by atoms with Gasteiger partial charge in [0.15, 0.2) is 0 Å². The second-order valence-electron chi connectivity index (χ2n) is 5.37.